The Morgan fingerprint density at radius 3 is 2.20 bits per heavy atom. The Bertz CT molecular complexity index is 218. The zero-order valence-corrected chi connectivity index (χ0v) is 9.92. The lowest BCUT2D eigenvalue weighted by Gasteiger charge is -2.28. The number of aliphatic hydroxyl groups excluding tert-OH is 1. The van der Waals surface area contributed by atoms with Crippen molar-refractivity contribution in [3.05, 3.63) is 0 Å². The molecule has 2 atom stereocenters. The molecule has 3 N–H and O–H groups in total. The van der Waals surface area contributed by atoms with Crippen molar-refractivity contribution in [2.24, 2.45) is 0 Å². The number of hydrogen-bond acceptors (Lipinski definition) is 5. The van der Waals surface area contributed by atoms with Crippen LogP contribution in [0.1, 0.15) is 0 Å². The second kappa shape index (κ2) is 6.55. The van der Waals surface area contributed by atoms with Crippen molar-refractivity contribution < 1.29 is 28.7 Å². The Hall–Kier alpha value is -0.0100. The molecule has 2 unspecified atom stereocenters. The van der Waals surface area contributed by atoms with E-state index in [9.17, 15) is 9.67 Å². The first kappa shape index (κ1) is 15.0. The van der Waals surface area contributed by atoms with Gasteiger partial charge in [-0.15, -0.1) is 0 Å². The summed E-state index contributed by atoms with van der Waals surface area (Å²) in [6.07, 6.45) is -0.864. The lowest BCUT2D eigenvalue weighted by molar-refractivity contribution is -0.00853. The Morgan fingerprint density at radius 2 is 1.87 bits per heavy atom. The van der Waals surface area contributed by atoms with Gasteiger partial charge in [0.2, 0.25) is 0 Å². The largest absolute Gasteiger partial charge is 0.469 e. The van der Waals surface area contributed by atoms with Crippen molar-refractivity contribution >= 4 is 7.82 Å². The highest BCUT2D eigenvalue weighted by molar-refractivity contribution is 7.46. The predicted octanol–water partition coefficient (Wildman–Crippen LogP) is -0.967. The first-order valence-corrected chi connectivity index (χ1v) is 5.84. The number of rotatable bonds is 7. The molecule has 0 rings (SSSR count). The topological polar surface area (TPSA) is 99.5 Å². The standard InChI is InChI=1S/C7H18NO6P/c1-8(2)6(7(9)5-13-3)4-14-15(10,11)12/h6-7,9H,4-5H2,1-3H3,(H2,10,11,12). The van der Waals surface area contributed by atoms with Gasteiger partial charge >= 0.3 is 7.82 Å². The van der Waals surface area contributed by atoms with Crippen molar-refractivity contribution in [3.63, 3.8) is 0 Å². The van der Waals surface area contributed by atoms with E-state index in [1.165, 1.54) is 7.11 Å². The maximum absolute atomic E-state index is 10.5. The fraction of sp³-hybridized carbons (Fsp3) is 1.00. The van der Waals surface area contributed by atoms with Crippen LogP contribution in [0.5, 0.6) is 0 Å². The van der Waals surface area contributed by atoms with E-state index in [4.69, 9.17) is 14.5 Å². The summed E-state index contributed by atoms with van der Waals surface area (Å²) in [6.45, 7) is -0.185. The smallest absolute Gasteiger partial charge is 0.389 e. The first-order chi connectivity index (χ1) is 6.78. The van der Waals surface area contributed by atoms with Gasteiger partial charge in [0.15, 0.2) is 0 Å². The van der Waals surface area contributed by atoms with Gasteiger partial charge in [0.25, 0.3) is 0 Å². The minimum Gasteiger partial charge on any atom is -0.389 e. The van der Waals surface area contributed by atoms with Gasteiger partial charge in [-0.05, 0) is 14.1 Å². The molecule has 8 heteroatoms. The van der Waals surface area contributed by atoms with Crippen LogP contribution in [0, 0.1) is 0 Å². The number of aliphatic hydroxyl groups is 1. The van der Waals surface area contributed by atoms with Gasteiger partial charge in [-0.25, -0.2) is 4.57 Å². The molecule has 0 aliphatic rings. The molecule has 0 aromatic rings. The molecular formula is C7H18NO6P. The van der Waals surface area contributed by atoms with Gasteiger partial charge in [-0.2, -0.15) is 0 Å². The molecule has 7 nitrogen and oxygen atoms in total. The molecule has 0 amide bonds. The summed E-state index contributed by atoms with van der Waals surface area (Å²) in [5.74, 6) is 0. The first-order valence-electron chi connectivity index (χ1n) is 4.31. The lowest BCUT2D eigenvalue weighted by atomic mass is 10.1. The maximum Gasteiger partial charge on any atom is 0.469 e. The van der Waals surface area contributed by atoms with Gasteiger partial charge in [-0.3, -0.25) is 4.52 Å². The third-order valence-corrected chi connectivity index (χ3v) is 2.34. The van der Waals surface area contributed by atoms with E-state index in [1.807, 2.05) is 0 Å². The van der Waals surface area contributed by atoms with Crippen LogP contribution in [-0.2, 0) is 13.8 Å². The van der Waals surface area contributed by atoms with Gasteiger partial charge in [0.1, 0.15) is 0 Å². The number of methoxy groups -OCH3 is 1. The fourth-order valence-corrected chi connectivity index (χ4v) is 1.41. The molecule has 0 saturated carbocycles. The molecule has 0 bridgehead atoms. The Labute approximate surface area is 88.8 Å². The zero-order chi connectivity index (χ0) is 12.1. The highest BCUT2D eigenvalue weighted by atomic mass is 31.2. The molecule has 0 aromatic carbocycles. The van der Waals surface area contributed by atoms with Crippen LogP contribution in [0.2, 0.25) is 0 Å². The Morgan fingerprint density at radius 1 is 1.33 bits per heavy atom. The van der Waals surface area contributed by atoms with Crippen molar-refractivity contribution in [1.29, 1.82) is 0 Å². The molecule has 0 fully saturated rings. The van der Waals surface area contributed by atoms with E-state index in [1.54, 1.807) is 19.0 Å². The molecule has 0 aliphatic carbocycles. The summed E-state index contributed by atoms with van der Waals surface area (Å²) in [5, 5.41) is 9.58. The molecule has 92 valence electrons. The van der Waals surface area contributed by atoms with Gasteiger partial charge in [-0.1, -0.05) is 0 Å². The van der Waals surface area contributed by atoms with E-state index in [-0.39, 0.29) is 13.2 Å². The summed E-state index contributed by atoms with van der Waals surface area (Å²) in [6, 6.07) is -0.530. The molecule has 0 heterocycles. The minimum atomic E-state index is -4.50. The average molecular weight is 243 g/mol. The second-order valence-corrected chi connectivity index (χ2v) is 4.58. The molecule has 0 aromatic heterocycles. The van der Waals surface area contributed by atoms with Gasteiger partial charge in [0, 0.05) is 7.11 Å². The highest BCUT2D eigenvalue weighted by Crippen LogP contribution is 2.36. The number of ether oxygens (including phenoxy) is 1. The lowest BCUT2D eigenvalue weighted by Crippen LogP contribution is -2.44. The molecule has 0 radical (unpaired) electrons. The molecule has 0 saturated heterocycles. The third kappa shape index (κ3) is 6.97. The van der Waals surface area contributed by atoms with Crippen molar-refractivity contribution in [3.8, 4) is 0 Å². The summed E-state index contributed by atoms with van der Waals surface area (Å²) in [4.78, 5) is 18.6. The summed E-state index contributed by atoms with van der Waals surface area (Å²) >= 11 is 0. The summed E-state index contributed by atoms with van der Waals surface area (Å²) in [7, 11) is 0.280. The maximum atomic E-state index is 10.5. The molecule has 0 aliphatic heterocycles. The average Bonchev–Trinajstić information content (AvgIpc) is 2.01. The molecule has 0 spiro atoms. The van der Waals surface area contributed by atoms with Crippen LogP contribution in [0.3, 0.4) is 0 Å². The van der Waals surface area contributed by atoms with Crippen molar-refractivity contribution in [1.82, 2.24) is 4.90 Å². The van der Waals surface area contributed by atoms with E-state index < -0.39 is 20.0 Å². The third-order valence-electron chi connectivity index (χ3n) is 1.86. The predicted molar refractivity (Wildman–Crippen MR) is 53.4 cm³/mol. The fourth-order valence-electron chi connectivity index (χ4n) is 1.06. The van der Waals surface area contributed by atoms with Gasteiger partial charge < -0.3 is 24.5 Å². The minimum absolute atomic E-state index is 0.0768. The van der Waals surface area contributed by atoms with E-state index >= 15 is 0 Å². The van der Waals surface area contributed by atoms with Crippen LogP contribution in [0.4, 0.5) is 0 Å². The van der Waals surface area contributed by atoms with Crippen molar-refractivity contribution in [2.75, 3.05) is 34.4 Å². The molecule has 15 heavy (non-hydrogen) atoms. The Kier molecular flexibility index (Phi) is 6.54. The number of hydrogen-bond donors (Lipinski definition) is 3. The number of phosphoric ester groups is 1. The summed E-state index contributed by atoms with van der Waals surface area (Å²) in [5.41, 5.74) is 0. The second-order valence-electron chi connectivity index (χ2n) is 3.34. The van der Waals surface area contributed by atoms with Crippen molar-refractivity contribution in [2.45, 2.75) is 12.1 Å². The van der Waals surface area contributed by atoms with E-state index in [0.717, 1.165) is 0 Å². The Balaban J connectivity index is 4.22. The number of nitrogens with zero attached hydrogens (tertiary/aromatic N) is 1. The highest BCUT2D eigenvalue weighted by Gasteiger charge is 2.25. The zero-order valence-electron chi connectivity index (χ0n) is 9.03. The normalized spacial score (nSPS) is 16.7. The summed E-state index contributed by atoms with van der Waals surface area (Å²) < 4.78 is 19.5. The van der Waals surface area contributed by atoms with Crippen LogP contribution in [-0.4, -0.2) is 66.4 Å². The van der Waals surface area contributed by atoms with Crippen LogP contribution in [0.25, 0.3) is 0 Å². The quantitative estimate of drug-likeness (QED) is 0.495. The number of phosphoric acid groups is 1. The number of likely N-dealkylation sites (N-methyl/N-ethyl adjacent to an activating group) is 1. The van der Waals surface area contributed by atoms with Crippen LogP contribution < -0.4 is 0 Å². The van der Waals surface area contributed by atoms with E-state index in [2.05, 4.69) is 4.52 Å². The van der Waals surface area contributed by atoms with Gasteiger partial charge in [0.05, 0.1) is 25.4 Å². The SMILES string of the molecule is COCC(O)C(COP(=O)(O)O)N(C)C. The van der Waals surface area contributed by atoms with Crippen LogP contribution in [0.15, 0.2) is 0 Å². The molecular weight excluding hydrogens is 225 g/mol. The van der Waals surface area contributed by atoms with Crippen LogP contribution >= 0.6 is 7.82 Å². The van der Waals surface area contributed by atoms with E-state index in [0.29, 0.717) is 0 Å². The monoisotopic (exact) mass is 243 g/mol.